The molecule has 2 aromatic heterocycles. The Morgan fingerprint density at radius 1 is 0.947 bits per heavy atom. The van der Waals surface area contributed by atoms with E-state index in [4.69, 9.17) is 4.74 Å². The van der Waals surface area contributed by atoms with Gasteiger partial charge < -0.3 is 15.4 Å². The van der Waals surface area contributed by atoms with Crippen LogP contribution in [0.5, 0.6) is 11.5 Å². The Balaban J connectivity index is 1.50. The highest BCUT2D eigenvalue weighted by atomic mass is 19.1. The molecule has 0 unspecified atom stereocenters. The van der Waals surface area contributed by atoms with Crippen molar-refractivity contribution in [3.8, 4) is 17.2 Å². The maximum Gasteiger partial charge on any atom is 0.324 e. The van der Waals surface area contributed by atoms with E-state index in [-0.39, 0.29) is 28.3 Å². The van der Waals surface area contributed by atoms with Crippen molar-refractivity contribution in [1.82, 2.24) is 20.1 Å². The van der Waals surface area contributed by atoms with E-state index < -0.39 is 23.6 Å². The molecule has 0 aliphatic heterocycles. The predicted octanol–water partition coefficient (Wildman–Crippen LogP) is 5.64. The lowest BCUT2D eigenvalue weighted by atomic mass is 9.92. The van der Waals surface area contributed by atoms with Crippen molar-refractivity contribution < 1.29 is 23.1 Å². The second-order valence-electron chi connectivity index (χ2n) is 9.34. The minimum absolute atomic E-state index is 0.103. The lowest BCUT2D eigenvalue weighted by molar-refractivity contribution is 0.0957. The van der Waals surface area contributed by atoms with Gasteiger partial charge in [0.2, 0.25) is 0 Å². The molecule has 196 valence electrons. The fourth-order valence-corrected chi connectivity index (χ4v) is 3.41. The molecular weight excluding hydrogens is 494 g/mol. The van der Waals surface area contributed by atoms with Gasteiger partial charge >= 0.3 is 6.03 Å². The fourth-order valence-electron chi connectivity index (χ4n) is 3.41. The largest absolute Gasteiger partial charge is 0.454 e. The zero-order chi connectivity index (χ0) is 27.4. The molecule has 0 radical (unpaired) electrons. The van der Waals surface area contributed by atoms with E-state index in [0.29, 0.717) is 17.2 Å². The Morgan fingerprint density at radius 3 is 2.34 bits per heavy atom. The Bertz CT molecular complexity index is 1480. The number of amides is 3. The van der Waals surface area contributed by atoms with Gasteiger partial charge in [-0.1, -0.05) is 20.8 Å². The number of rotatable bonds is 6. The summed E-state index contributed by atoms with van der Waals surface area (Å²) < 4.78 is 35.2. The summed E-state index contributed by atoms with van der Waals surface area (Å²) in [5.74, 6) is -1.06. The molecule has 3 N–H and O–H groups in total. The first-order valence-corrected chi connectivity index (χ1v) is 11.6. The summed E-state index contributed by atoms with van der Waals surface area (Å²) in [6, 6.07) is 13.6. The van der Waals surface area contributed by atoms with E-state index in [0.717, 1.165) is 6.07 Å². The van der Waals surface area contributed by atoms with Crippen LogP contribution in [0.25, 0.3) is 5.69 Å². The number of benzene rings is 2. The SMILES string of the molecule is CNC(=O)c1cc(Oc2ccc(NC(=O)Nc3cc(C(C)(C)C)nn3-c3ccc(F)cc3)cc2F)ccn1. The second kappa shape index (κ2) is 10.7. The molecule has 0 aliphatic rings. The summed E-state index contributed by atoms with van der Waals surface area (Å²) in [5.41, 5.74) is 1.25. The van der Waals surface area contributed by atoms with Gasteiger partial charge in [-0.15, -0.1) is 0 Å². The zero-order valence-corrected chi connectivity index (χ0v) is 21.2. The van der Waals surface area contributed by atoms with Gasteiger partial charge in [-0.25, -0.2) is 18.3 Å². The quantitative estimate of drug-likeness (QED) is 0.305. The van der Waals surface area contributed by atoms with Crippen molar-refractivity contribution >= 4 is 23.4 Å². The summed E-state index contributed by atoms with van der Waals surface area (Å²) in [7, 11) is 1.47. The van der Waals surface area contributed by atoms with Crippen molar-refractivity contribution in [3.05, 3.63) is 89.9 Å². The van der Waals surface area contributed by atoms with Gasteiger partial charge in [-0.05, 0) is 42.5 Å². The number of anilines is 2. The lowest BCUT2D eigenvalue weighted by Crippen LogP contribution is -2.21. The molecule has 3 amide bonds. The lowest BCUT2D eigenvalue weighted by Gasteiger charge is -2.14. The van der Waals surface area contributed by atoms with Gasteiger partial charge in [0.1, 0.15) is 23.1 Å². The standard InChI is InChI=1S/C27H26F2N6O3/c1-27(2,3)23-15-24(35(34-23)18-8-5-16(28)6-9-18)33-26(37)32-17-7-10-22(20(29)13-17)38-19-11-12-31-21(14-19)25(36)30-4/h5-15H,1-4H3,(H,30,36)(H2,32,33,37). The van der Waals surface area contributed by atoms with Crippen LogP contribution in [0.3, 0.4) is 0 Å². The van der Waals surface area contributed by atoms with Gasteiger partial charge in [0, 0.05) is 42.5 Å². The van der Waals surface area contributed by atoms with Gasteiger partial charge in [0.05, 0.1) is 11.4 Å². The van der Waals surface area contributed by atoms with Crippen LogP contribution in [0.15, 0.2) is 66.9 Å². The molecule has 0 spiro atoms. The number of ether oxygens (including phenoxy) is 1. The number of carbonyl (C=O) groups is 2. The molecule has 11 heteroatoms. The third-order valence-electron chi connectivity index (χ3n) is 5.40. The van der Waals surface area contributed by atoms with E-state index in [9.17, 15) is 18.4 Å². The monoisotopic (exact) mass is 520 g/mol. The third kappa shape index (κ3) is 6.12. The molecule has 2 heterocycles. The van der Waals surface area contributed by atoms with Crippen LogP contribution in [-0.2, 0) is 5.41 Å². The van der Waals surface area contributed by atoms with Crippen LogP contribution in [0, 0.1) is 11.6 Å². The van der Waals surface area contributed by atoms with Crippen LogP contribution in [0.4, 0.5) is 25.1 Å². The highest BCUT2D eigenvalue weighted by Gasteiger charge is 2.22. The average molecular weight is 521 g/mol. The van der Waals surface area contributed by atoms with E-state index >= 15 is 0 Å². The molecule has 4 rings (SSSR count). The smallest absolute Gasteiger partial charge is 0.324 e. The highest BCUT2D eigenvalue weighted by Crippen LogP contribution is 2.28. The second-order valence-corrected chi connectivity index (χ2v) is 9.34. The number of hydrogen-bond acceptors (Lipinski definition) is 5. The van der Waals surface area contributed by atoms with Crippen LogP contribution in [0.2, 0.25) is 0 Å². The maximum atomic E-state index is 14.8. The number of aromatic nitrogens is 3. The zero-order valence-electron chi connectivity index (χ0n) is 21.2. The van der Waals surface area contributed by atoms with Gasteiger partial charge in [-0.3, -0.25) is 15.1 Å². The van der Waals surface area contributed by atoms with E-state index in [1.54, 1.807) is 18.2 Å². The molecule has 38 heavy (non-hydrogen) atoms. The topological polar surface area (TPSA) is 110 Å². The molecular formula is C27H26F2N6O3. The molecule has 0 fully saturated rings. The Kier molecular flexibility index (Phi) is 7.38. The first kappa shape index (κ1) is 26.3. The van der Waals surface area contributed by atoms with E-state index in [1.165, 1.54) is 54.3 Å². The Hall–Kier alpha value is -4.80. The van der Waals surface area contributed by atoms with Crippen molar-refractivity contribution in [1.29, 1.82) is 0 Å². The van der Waals surface area contributed by atoms with Crippen molar-refractivity contribution in [2.24, 2.45) is 0 Å². The molecule has 0 aliphatic carbocycles. The van der Waals surface area contributed by atoms with Crippen LogP contribution >= 0.6 is 0 Å². The number of nitrogens with one attached hydrogen (secondary N) is 3. The van der Waals surface area contributed by atoms with Crippen LogP contribution in [-0.4, -0.2) is 33.8 Å². The minimum atomic E-state index is -0.729. The summed E-state index contributed by atoms with van der Waals surface area (Å²) in [4.78, 5) is 28.5. The molecule has 2 aromatic carbocycles. The predicted molar refractivity (Wildman–Crippen MR) is 139 cm³/mol. The minimum Gasteiger partial charge on any atom is -0.454 e. The molecule has 4 aromatic rings. The number of halogens is 2. The number of carbonyl (C=O) groups excluding carboxylic acids is 2. The Labute approximate surface area is 217 Å². The summed E-state index contributed by atoms with van der Waals surface area (Å²) in [6.45, 7) is 5.93. The Morgan fingerprint density at radius 2 is 1.68 bits per heavy atom. The van der Waals surface area contributed by atoms with Gasteiger partial charge in [0.15, 0.2) is 11.6 Å². The maximum absolute atomic E-state index is 14.8. The number of pyridine rings is 1. The van der Waals surface area contributed by atoms with Gasteiger partial charge in [0.25, 0.3) is 5.91 Å². The molecule has 0 atom stereocenters. The number of urea groups is 1. The number of nitrogens with zero attached hydrogens (tertiary/aromatic N) is 3. The van der Waals surface area contributed by atoms with Crippen molar-refractivity contribution in [2.75, 3.05) is 17.7 Å². The van der Waals surface area contributed by atoms with Crippen LogP contribution < -0.4 is 20.7 Å². The summed E-state index contributed by atoms with van der Waals surface area (Å²) in [6.07, 6.45) is 1.37. The van der Waals surface area contributed by atoms with Crippen molar-refractivity contribution in [3.63, 3.8) is 0 Å². The first-order valence-electron chi connectivity index (χ1n) is 11.6. The number of hydrogen-bond donors (Lipinski definition) is 3. The van der Waals surface area contributed by atoms with E-state index in [2.05, 4.69) is 26.0 Å². The van der Waals surface area contributed by atoms with E-state index in [1.807, 2.05) is 20.8 Å². The fraction of sp³-hybridized carbons (Fsp3) is 0.185. The molecule has 0 saturated carbocycles. The molecule has 9 nitrogen and oxygen atoms in total. The normalized spacial score (nSPS) is 11.1. The van der Waals surface area contributed by atoms with Crippen LogP contribution in [0.1, 0.15) is 37.0 Å². The highest BCUT2D eigenvalue weighted by molar-refractivity contribution is 5.99. The van der Waals surface area contributed by atoms with Crippen molar-refractivity contribution in [2.45, 2.75) is 26.2 Å². The third-order valence-corrected chi connectivity index (χ3v) is 5.40. The summed E-state index contributed by atoms with van der Waals surface area (Å²) in [5, 5.41) is 12.3. The summed E-state index contributed by atoms with van der Waals surface area (Å²) >= 11 is 0. The van der Waals surface area contributed by atoms with Gasteiger partial charge in [-0.2, -0.15) is 5.10 Å². The molecule has 0 bridgehead atoms. The molecule has 0 saturated heterocycles. The first-order chi connectivity index (χ1) is 18.0. The average Bonchev–Trinajstić information content (AvgIpc) is 3.30.